The lowest BCUT2D eigenvalue weighted by atomic mass is 9.99. The third-order valence-electron chi connectivity index (χ3n) is 5.51. The second kappa shape index (κ2) is 9.67. The molecule has 1 heterocycles. The van der Waals surface area contributed by atoms with Gasteiger partial charge in [-0.05, 0) is 24.5 Å². The van der Waals surface area contributed by atoms with Crippen LogP contribution >= 0.6 is 0 Å². The average molecular weight is 396 g/mol. The normalized spacial score (nSPS) is 20.2. The van der Waals surface area contributed by atoms with Crippen molar-refractivity contribution in [3.63, 3.8) is 0 Å². The molecule has 29 heavy (non-hydrogen) atoms. The molecule has 0 spiro atoms. The van der Waals surface area contributed by atoms with Crippen molar-refractivity contribution in [2.45, 2.75) is 51.4 Å². The number of hydrogen-bond donors (Lipinski definition) is 1. The molecule has 0 saturated carbocycles. The molecule has 3 amide bonds. The monoisotopic (exact) mass is 395 g/mol. The van der Waals surface area contributed by atoms with E-state index in [0.29, 0.717) is 13.0 Å². The number of amides is 3. The van der Waals surface area contributed by atoms with Gasteiger partial charge in [-0.25, -0.2) is 4.79 Å². The molecule has 1 fully saturated rings. The lowest BCUT2D eigenvalue weighted by Gasteiger charge is -2.26. The Morgan fingerprint density at radius 1 is 1.10 bits per heavy atom. The van der Waals surface area contributed by atoms with Gasteiger partial charge in [-0.2, -0.15) is 5.48 Å². The fourth-order valence-corrected chi connectivity index (χ4v) is 3.63. The molecule has 1 aliphatic rings. The number of carbonyl (C=O) groups excluding carboxylic acids is 2. The fourth-order valence-electron chi connectivity index (χ4n) is 3.63. The van der Waals surface area contributed by atoms with E-state index < -0.39 is 0 Å². The summed E-state index contributed by atoms with van der Waals surface area (Å²) < 4.78 is 0. The van der Waals surface area contributed by atoms with E-state index in [1.807, 2.05) is 74.5 Å². The van der Waals surface area contributed by atoms with Crippen LogP contribution in [-0.4, -0.2) is 40.9 Å². The van der Waals surface area contributed by atoms with Crippen molar-refractivity contribution in [1.82, 2.24) is 15.3 Å². The topological polar surface area (TPSA) is 61.9 Å². The number of benzene rings is 2. The highest BCUT2D eigenvalue weighted by Gasteiger charge is 2.45. The molecular weight excluding hydrogens is 366 g/mol. The summed E-state index contributed by atoms with van der Waals surface area (Å²) in [6.45, 7) is 4.38. The Hall–Kier alpha value is -2.70. The molecule has 2 aromatic carbocycles. The molecule has 0 bridgehead atoms. The van der Waals surface area contributed by atoms with Gasteiger partial charge in [0.25, 0.3) is 0 Å². The summed E-state index contributed by atoms with van der Waals surface area (Å²) in [6, 6.07) is 18.8. The maximum atomic E-state index is 13.1. The van der Waals surface area contributed by atoms with E-state index in [1.54, 1.807) is 11.9 Å². The van der Waals surface area contributed by atoms with Crippen molar-refractivity contribution in [3.05, 3.63) is 71.8 Å². The Balaban J connectivity index is 1.65. The predicted molar refractivity (Wildman–Crippen MR) is 112 cm³/mol. The van der Waals surface area contributed by atoms with Gasteiger partial charge in [-0.15, -0.1) is 0 Å². The first kappa shape index (κ1) is 21.0. The van der Waals surface area contributed by atoms with Crippen LogP contribution in [0.1, 0.15) is 43.9 Å². The summed E-state index contributed by atoms with van der Waals surface area (Å²) in [7, 11) is 1.74. The minimum Gasteiger partial charge on any atom is -0.322 e. The number of nitrogens with zero attached hydrogens (tertiary/aromatic N) is 2. The summed E-state index contributed by atoms with van der Waals surface area (Å²) in [4.78, 5) is 34.5. The van der Waals surface area contributed by atoms with E-state index in [4.69, 9.17) is 4.84 Å². The smallest absolute Gasteiger partial charge is 0.322 e. The maximum absolute atomic E-state index is 13.1. The molecule has 0 aromatic heterocycles. The van der Waals surface area contributed by atoms with Gasteiger partial charge in [0.1, 0.15) is 0 Å². The van der Waals surface area contributed by atoms with Crippen molar-refractivity contribution in [2.24, 2.45) is 0 Å². The molecule has 1 saturated heterocycles. The molecule has 3 atom stereocenters. The zero-order valence-electron chi connectivity index (χ0n) is 17.2. The number of likely N-dealkylation sites (N-methyl/N-ethyl adjacent to an activating group) is 1. The SMILES string of the molecule is CC[C@@H](CC(=O)N1C(=O)N(C)[C@@H](C)[C@H]1c1ccccc1)NOCc1ccccc1. The van der Waals surface area contributed by atoms with Gasteiger partial charge >= 0.3 is 6.03 Å². The summed E-state index contributed by atoms with van der Waals surface area (Å²) >= 11 is 0. The maximum Gasteiger partial charge on any atom is 0.327 e. The van der Waals surface area contributed by atoms with Gasteiger partial charge in [-0.1, -0.05) is 67.6 Å². The van der Waals surface area contributed by atoms with Crippen molar-refractivity contribution in [1.29, 1.82) is 0 Å². The third kappa shape index (κ3) is 4.83. The predicted octanol–water partition coefficient (Wildman–Crippen LogP) is 3.90. The van der Waals surface area contributed by atoms with Crippen LogP contribution in [0.2, 0.25) is 0 Å². The van der Waals surface area contributed by atoms with Crippen molar-refractivity contribution in [2.75, 3.05) is 7.05 Å². The minimum atomic E-state index is -0.288. The van der Waals surface area contributed by atoms with E-state index in [2.05, 4.69) is 5.48 Å². The molecule has 0 radical (unpaired) electrons. The standard InChI is InChI=1S/C23H29N3O3/c1-4-20(24-29-16-18-11-7-5-8-12-18)15-21(27)26-22(17(2)25(3)23(26)28)19-13-9-6-10-14-19/h5-14,17,20,22,24H,4,15-16H2,1-3H3/t17-,20-,22-/m0/s1. The first-order chi connectivity index (χ1) is 14.0. The molecule has 6 nitrogen and oxygen atoms in total. The minimum absolute atomic E-state index is 0.0868. The first-order valence-electron chi connectivity index (χ1n) is 10.1. The molecule has 2 aromatic rings. The van der Waals surface area contributed by atoms with Gasteiger partial charge in [0.05, 0.1) is 18.7 Å². The lowest BCUT2D eigenvalue weighted by molar-refractivity contribution is -0.131. The van der Waals surface area contributed by atoms with Gasteiger partial charge in [0.15, 0.2) is 0 Å². The second-order valence-corrected chi connectivity index (χ2v) is 7.45. The molecule has 6 heteroatoms. The molecule has 154 valence electrons. The number of hydrogen-bond acceptors (Lipinski definition) is 4. The number of imide groups is 1. The van der Waals surface area contributed by atoms with Crippen LogP contribution in [0.15, 0.2) is 60.7 Å². The molecule has 1 aliphatic heterocycles. The van der Waals surface area contributed by atoms with Gasteiger partial charge in [-0.3, -0.25) is 14.5 Å². The highest BCUT2D eigenvalue weighted by molar-refractivity contribution is 5.97. The van der Waals surface area contributed by atoms with Gasteiger partial charge in [0.2, 0.25) is 5.91 Å². The molecule has 0 aliphatic carbocycles. The summed E-state index contributed by atoms with van der Waals surface area (Å²) in [6.07, 6.45) is 0.908. The quantitative estimate of drug-likeness (QED) is 0.689. The largest absolute Gasteiger partial charge is 0.327 e. The Labute approximate surface area is 172 Å². The van der Waals surface area contributed by atoms with E-state index in [-0.39, 0.29) is 36.5 Å². The zero-order valence-corrected chi connectivity index (χ0v) is 17.2. The van der Waals surface area contributed by atoms with E-state index in [0.717, 1.165) is 11.1 Å². The molecule has 1 N–H and O–H groups in total. The summed E-state index contributed by atoms with van der Waals surface area (Å²) in [5, 5.41) is 0. The number of hydroxylamine groups is 1. The molecular formula is C23H29N3O3. The summed E-state index contributed by atoms with van der Waals surface area (Å²) in [5.41, 5.74) is 5.01. The van der Waals surface area contributed by atoms with Crippen molar-refractivity contribution in [3.8, 4) is 0 Å². The van der Waals surface area contributed by atoms with Crippen LogP contribution in [-0.2, 0) is 16.2 Å². The van der Waals surface area contributed by atoms with Gasteiger partial charge in [0, 0.05) is 19.5 Å². The Kier molecular flexibility index (Phi) is 7.01. The number of urea groups is 1. The highest BCUT2D eigenvalue weighted by atomic mass is 16.6. The van der Waals surface area contributed by atoms with Crippen LogP contribution in [0, 0.1) is 0 Å². The molecule has 3 rings (SSSR count). The Bertz CT molecular complexity index is 813. The third-order valence-corrected chi connectivity index (χ3v) is 5.51. The van der Waals surface area contributed by atoms with Crippen LogP contribution in [0.25, 0.3) is 0 Å². The van der Waals surface area contributed by atoms with Crippen LogP contribution < -0.4 is 5.48 Å². The number of nitrogens with one attached hydrogen (secondary N) is 1. The van der Waals surface area contributed by atoms with Crippen molar-refractivity contribution < 1.29 is 14.4 Å². The average Bonchev–Trinajstić information content (AvgIpc) is 2.98. The van der Waals surface area contributed by atoms with E-state index in [1.165, 1.54) is 4.90 Å². The number of rotatable bonds is 8. The van der Waals surface area contributed by atoms with Crippen molar-refractivity contribution >= 4 is 11.9 Å². The lowest BCUT2D eigenvalue weighted by Crippen LogP contribution is -2.41. The van der Waals surface area contributed by atoms with E-state index in [9.17, 15) is 9.59 Å². The van der Waals surface area contributed by atoms with E-state index >= 15 is 0 Å². The zero-order chi connectivity index (χ0) is 20.8. The molecule has 0 unspecified atom stereocenters. The van der Waals surface area contributed by atoms with Crippen LogP contribution in [0.5, 0.6) is 0 Å². The Morgan fingerprint density at radius 2 is 1.72 bits per heavy atom. The Morgan fingerprint density at radius 3 is 2.34 bits per heavy atom. The second-order valence-electron chi connectivity index (χ2n) is 7.45. The fraction of sp³-hybridized carbons (Fsp3) is 0.391. The van der Waals surface area contributed by atoms with Gasteiger partial charge < -0.3 is 4.90 Å². The highest BCUT2D eigenvalue weighted by Crippen LogP contribution is 2.35. The summed E-state index contributed by atoms with van der Waals surface area (Å²) in [5.74, 6) is -0.192. The number of carbonyl (C=O) groups is 2. The van der Waals surface area contributed by atoms with Crippen LogP contribution in [0.4, 0.5) is 4.79 Å². The van der Waals surface area contributed by atoms with Crippen LogP contribution in [0.3, 0.4) is 0 Å². The first-order valence-corrected chi connectivity index (χ1v) is 10.1.